The molecule has 0 aromatic heterocycles. The zero-order valence-corrected chi connectivity index (χ0v) is 13.9. The van der Waals surface area contributed by atoms with Gasteiger partial charge in [0.1, 0.15) is 11.5 Å². The number of benzene rings is 1. The van der Waals surface area contributed by atoms with Gasteiger partial charge in [-0.1, -0.05) is 0 Å². The molecule has 0 heterocycles. The molecule has 1 atom stereocenters. The molecule has 3 N–H and O–H groups in total. The predicted octanol–water partition coefficient (Wildman–Crippen LogP) is 0.870. The van der Waals surface area contributed by atoms with Gasteiger partial charge in [0.2, 0.25) is 11.8 Å². The summed E-state index contributed by atoms with van der Waals surface area (Å²) >= 11 is 0. The Hall–Kier alpha value is -1.99. The molecule has 22 heavy (non-hydrogen) atoms. The molecule has 0 aliphatic heterocycles. The molecule has 8 heteroatoms. The summed E-state index contributed by atoms with van der Waals surface area (Å²) in [6.45, 7) is 1.49. The molecular formula is C14H22ClN3O4. The highest BCUT2D eigenvalue weighted by atomic mass is 35.5. The number of nitrogens with zero attached hydrogens (tertiary/aromatic N) is 1. The van der Waals surface area contributed by atoms with Gasteiger partial charge in [-0.3, -0.25) is 9.59 Å². The topological polar surface area (TPSA) is 93.9 Å². The number of hydrogen-bond acceptors (Lipinski definition) is 5. The molecule has 1 aromatic rings. The highest BCUT2D eigenvalue weighted by Crippen LogP contribution is 2.25. The number of anilines is 1. The van der Waals surface area contributed by atoms with Gasteiger partial charge in [0, 0.05) is 30.9 Å². The van der Waals surface area contributed by atoms with Crippen LogP contribution in [-0.4, -0.2) is 50.6 Å². The highest BCUT2D eigenvalue weighted by molar-refractivity contribution is 5.95. The molecular weight excluding hydrogens is 310 g/mol. The smallest absolute Gasteiger partial charge is 0.243 e. The lowest BCUT2D eigenvalue weighted by molar-refractivity contribution is -0.134. The summed E-state index contributed by atoms with van der Waals surface area (Å²) < 4.78 is 10.2. The number of carbonyl (C=O) groups is 2. The van der Waals surface area contributed by atoms with E-state index in [9.17, 15) is 9.59 Å². The van der Waals surface area contributed by atoms with Crippen LogP contribution in [-0.2, 0) is 9.59 Å². The Bertz CT molecular complexity index is 501. The average Bonchev–Trinajstić information content (AvgIpc) is 2.45. The van der Waals surface area contributed by atoms with Gasteiger partial charge in [0.25, 0.3) is 0 Å². The molecule has 0 saturated heterocycles. The molecule has 0 fully saturated rings. The Morgan fingerprint density at radius 1 is 1.23 bits per heavy atom. The van der Waals surface area contributed by atoms with E-state index in [0.717, 1.165) is 0 Å². The zero-order valence-electron chi connectivity index (χ0n) is 13.1. The minimum Gasteiger partial charge on any atom is -0.497 e. The van der Waals surface area contributed by atoms with E-state index in [0.29, 0.717) is 17.2 Å². The zero-order chi connectivity index (χ0) is 16.0. The Labute approximate surface area is 136 Å². The Balaban J connectivity index is 0.00000441. The summed E-state index contributed by atoms with van der Waals surface area (Å²) in [5, 5.41) is 2.68. The lowest BCUT2D eigenvalue weighted by atomic mass is 10.2. The van der Waals surface area contributed by atoms with Crippen LogP contribution in [0.4, 0.5) is 5.69 Å². The van der Waals surface area contributed by atoms with Gasteiger partial charge in [0.05, 0.1) is 26.8 Å². The van der Waals surface area contributed by atoms with Gasteiger partial charge in [-0.15, -0.1) is 12.4 Å². The maximum absolute atomic E-state index is 11.9. The minimum atomic E-state index is -0.639. The van der Waals surface area contributed by atoms with Gasteiger partial charge in [0.15, 0.2) is 0 Å². The molecule has 7 nitrogen and oxygen atoms in total. The fourth-order valence-electron chi connectivity index (χ4n) is 1.72. The molecule has 0 radical (unpaired) electrons. The van der Waals surface area contributed by atoms with Crippen molar-refractivity contribution in [3.05, 3.63) is 18.2 Å². The third-order valence-electron chi connectivity index (χ3n) is 2.78. The van der Waals surface area contributed by atoms with E-state index < -0.39 is 6.04 Å². The minimum absolute atomic E-state index is 0. The van der Waals surface area contributed by atoms with Crippen molar-refractivity contribution in [3.8, 4) is 11.5 Å². The average molecular weight is 332 g/mol. The summed E-state index contributed by atoms with van der Waals surface area (Å²) in [6.07, 6.45) is 0. The second-order valence-electron chi connectivity index (χ2n) is 4.63. The lowest BCUT2D eigenvalue weighted by Crippen LogP contribution is -2.43. The van der Waals surface area contributed by atoms with Crippen LogP contribution < -0.4 is 20.5 Å². The van der Waals surface area contributed by atoms with Crippen molar-refractivity contribution in [3.63, 3.8) is 0 Å². The molecule has 0 aliphatic carbocycles. The van der Waals surface area contributed by atoms with E-state index in [-0.39, 0.29) is 30.8 Å². The fraction of sp³-hybridized carbons (Fsp3) is 0.429. The number of ether oxygens (including phenoxy) is 2. The third-order valence-corrected chi connectivity index (χ3v) is 2.78. The summed E-state index contributed by atoms with van der Waals surface area (Å²) in [5.74, 6) is 0.490. The molecule has 0 aliphatic rings. The maximum Gasteiger partial charge on any atom is 0.243 e. The predicted molar refractivity (Wildman–Crippen MR) is 86.7 cm³/mol. The van der Waals surface area contributed by atoms with Crippen molar-refractivity contribution in [2.24, 2.45) is 5.73 Å². The largest absolute Gasteiger partial charge is 0.497 e. The molecule has 124 valence electrons. The molecule has 1 aromatic carbocycles. The molecule has 0 bridgehead atoms. The number of nitrogens with one attached hydrogen (secondary N) is 1. The number of carbonyl (C=O) groups excluding carboxylic acids is 2. The van der Waals surface area contributed by atoms with Crippen LogP contribution in [0.2, 0.25) is 0 Å². The Kier molecular flexibility index (Phi) is 8.29. The fourth-order valence-corrected chi connectivity index (χ4v) is 1.72. The summed E-state index contributed by atoms with van der Waals surface area (Å²) in [6, 6.07) is 4.38. The van der Waals surface area contributed by atoms with Crippen molar-refractivity contribution in [1.29, 1.82) is 0 Å². The van der Waals surface area contributed by atoms with Crippen molar-refractivity contribution in [2.45, 2.75) is 13.0 Å². The van der Waals surface area contributed by atoms with Crippen LogP contribution >= 0.6 is 12.4 Å². The van der Waals surface area contributed by atoms with Crippen LogP contribution in [0.5, 0.6) is 11.5 Å². The first-order valence-corrected chi connectivity index (χ1v) is 6.41. The second-order valence-corrected chi connectivity index (χ2v) is 4.63. The van der Waals surface area contributed by atoms with Crippen molar-refractivity contribution in [2.75, 3.05) is 33.1 Å². The maximum atomic E-state index is 11.9. The highest BCUT2D eigenvalue weighted by Gasteiger charge is 2.16. The van der Waals surface area contributed by atoms with Gasteiger partial charge in [-0.25, -0.2) is 0 Å². The van der Waals surface area contributed by atoms with Crippen LogP contribution in [0.1, 0.15) is 6.92 Å². The van der Waals surface area contributed by atoms with Gasteiger partial charge < -0.3 is 25.4 Å². The number of methoxy groups -OCH3 is 2. The van der Waals surface area contributed by atoms with E-state index in [1.165, 1.54) is 26.2 Å². The quantitative estimate of drug-likeness (QED) is 0.806. The molecule has 1 rings (SSSR count). The summed E-state index contributed by atoms with van der Waals surface area (Å²) in [4.78, 5) is 24.8. The summed E-state index contributed by atoms with van der Waals surface area (Å²) in [7, 11) is 4.57. The van der Waals surface area contributed by atoms with Gasteiger partial charge >= 0.3 is 0 Å². The Morgan fingerprint density at radius 3 is 2.14 bits per heavy atom. The van der Waals surface area contributed by atoms with E-state index in [1.807, 2.05) is 0 Å². The standard InChI is InChI=1S/C14H21N3O4.ClH/c1-9(15)14(19)17(2)8-13(18)16-10-5-11(20-3)7-12(6-10)21-4;/h5-7,9H,8,15H2,1-4H3,(H,16,18);1H. The number of rotatable bonds is 6. The number of hydrogen-bond donors (Lipinski definition) is 2. The first-order valence-electron chi connectivity index (χ1n) is 6.41. The SMILES string of the molecule is COc1cc(NC(=O)CN(C)C(=O)C(C)N)cc(OC)c1.Cl. The first kappa shape index (κ1) is 20.0. The van der Waals surface area contributed by atoms with Crippen LogP contribution in [0.25, 0.3) is 0 Å². The van der Waals surface area contributed by atoms with Crippen LogP contribution in [0, 0.1) is 0 Å². The first-order chi connectivity index (χ1) is 9.87. The second kappa shape index (κ2) is 9.11. The Morgan fingerprint density at radius 2 is 1.73 bits per heavy atom. The van der Waals surface area contributed by atoms with E-state index in [4.69, 9.17) is 15.2 Å². The van der Waals surface area contributed by atoms with Crippen molar-refractivity contribution < 1.29 is 19.1 Å². The van der Waals surface area contributed by atoms with Crippen molar-refractivity contribution >= 4 is 29.9 Å². The molecule has 2 amide bonds. The van der Waals surface area contributed by atoms with Crippen molar-refractivity contribution in [1.82, 2.24) is 4.90 Å². The monoisotopic (exact) mass is 331 g/mol. The lowest BCUT2D eigenvalue weighted by Gasteiger charge is -2.19. The van der Waals surface area contributed by atoms with E-state index in [2.05, 4.69) is 5.32 Å². The number of halogens is 1. The third kappa shape index (κ3) is 5.79. The number of likely N-dealkylation sites (N-methyl/N-ethyl adjacent to an activating group) is 1. The number of amides is 2. The molecule has 0 saturated carbocycles. The number of nitrogens with two attached hydrogens (primary N) is 1. The van der Waals surface area contributed by atoms with Crippen LogP contribution in [0.3, 0.4) is 0 Å². The summed E-state index contributed by atoms with van der Waals surface area (Å²) in [5.41, 5.74) is 6.01. The normalized spacial score (nSPS) is 11.0. The van der Waals surface area contributed by atoms with Gasteiger partial charge in [-0.2, -0.15) is 0 Å². The molecule has 0 spiro atoms. The van der Waals surface area contributed by atoms with E-state index in [1.54, 1.807) is 25.1 Å². The van der Waals surface area contributed by atoms with Gasteiger partial charge in [-0.05, 0) is 6.92 Å². The molecule has 1 unspecified atom stereocenters. The van der Waals surface area contributed by atoms with E-state index >= 15 is 0 Å². The van der Waals surface area contributed by atoms with Crippen LogP contribution in [0.15, 0.2) is 18.2 Å².